The molecular weight excluding hydrogens is 394 g/mol. The number of esters is 1. The molecule has 3 aromatic carbocycles. The van der Waals surface area contributed by atoms with Gasteiger partial charge >= 0.3 is 5.97 Å². The molecule has 3 aromatic rings. The van der Waals surface area contributed by atoms with Gasteiger partial charge in [0.2, 0.25) is 5.75 Å². The lowest BCUT2D eigenvalue weighted by atomic mass is 10.0. The van der Waals surface area contributed by atoms with Crippen LogP contribution in [0.4, 0.5) is 11.4 Å². The zero-order valence-corrected chi connectivity index (χ0v) is 18.2. The van der Waals surface area contributed by atoms with Crippen molar-refractivity contribution in [3.05, 3.63) is 77.4 Å². The third kappa shape index (κ3) is 5.28. The zero-order chi connectivity index (χ0) is 22.2. The molecule has 0 aromatic heterocycles. The van der Waals surface area contributed by atoms with Gasteiger partial charge in [0.25, 0.3) is 0 Å². The number of nitrogens with one attached hydrogen (secondary N) is 1. The van der Waals surface area contributed by atoms with Crippen LogP contribution >= 0.6 is 0 Å². The summed E-state index contributed by atoms with van der Waals surface area (Å²) in [6.45, 7) is 0. The minimum absolute atomic E-state index is 0.370. The van der Waals surface area contributed by atoms with Crippen LogP contribution in [0.3, 0.4) is 0 Å². The highest BCUT2D eigenvalue weighted by Crippen LogP contribution is 2.38. The van der Waals surface area contributed by atoms with Crippen LogP contribution in [0.25, 0.3) is 0 Å². The molecule has 1 N–H and O–H groups in total. The Balaban J connectivity index is 1.69. The van der Waals surface area contributed by atoms with Crippen LogP contribution in [0.5, 0.6) is 17.2 Å². The lowest BCUT2D eigenvalue weighted by Crippen LogP contribution is -2.05. The highest BCUT2D eigenvalue weighted by Gasteiger charge is 2.13. The molecule has 0 saturated carbocycles. The molecule has 31 heavy (non-hydrogen) atoms. The van der Waals surface area contributed by atoms with Crippen molar-refractivity contribution in [2.75, 3.05) is 33.8 Å². The van der Waals surface area contributed by atoms with E-state index in [1.54, 1.807) is 27.4 Å². The number of hydrogen-bond acceptors (Lipinski definition) is 6. The summed E-state index contributed by atoms with van der Waals surface area (Å²) in [5.41, 5.74) is 4.40. The van der Waals surface area contributed by atoms with Crippen molar-refractivity contribution in [2.45, 2.75) is 12.8 Å². The van der Waals surface area contributed by atoms with Crippen LogP contribution in [-0.4, -0.2) is 34.4 Å². The third-order valence-electron chi connectivity index (χ3n) is 4.99. The number of ether oxygens (including phenoxy) is 4. The fraction of sp³-hybridized carbons (Fsp3) is 0.240. The van der Waals surface area contributed by atoms with E-state index in [1.807, 2.05) is 42.5 Å². The van der Waals surface area contributed by atoms with Gasteiger partial charge in [-0.25, -0.2) is 4.79 Å². The van der Waals surface area contributed by atoms with Gasteiger partial charge in [0.1, 0.15) is 0 Å². The van der Waals surface area contributed by atoms with Crippen molar-refractivity contribution in [3.63, 3.8) is 0 Å². The Bertz CT molecular complexity index is 1010. The minimum atomic E-state index is -0.370. The molecule has 0 unspecified atom stereocenters. The molecule has 6 heteroatoms. The van der Waals surface area contributed by atoms with Gasteiger partial charge in [0.05, 0.1) is 39.7 Å². The van der Waals surface area contributed by atoms with Crippen LogP contribution in [0.1, 0.15) is 21.5 Å². The Morgan fingerprint density at radius 3 is 1.97 bits per heavy atom. The first-order chi connectivity index (χ1) is 15.1. The summed E-state index contributed by atoms with van der Waals surface area (Å²) in [5.74, 6) is 1.53. The summed E-state index contributed by atoms with van der Waals surface area (Å²) in [6, 6.07) is 19.4. The molecule has 0 saturated heterocycles. The molecule has 0 radical (unpaired) electrons. The van der Waals surface area contributed by atoms with Crippen molar-refractivity contribution in [1.82, 2.24) is 0 Å². The summed E-state index contributed by atoms with van der Waals surface area (Å²) in [7, 11) is 6.21. The molecule has 0 heterocycles. The molecule has 6 nitrogen and oxygen atoms in total. The number of aryl methyl sites for hydroxylation is 2. The summed E-state index contributed by atoms with van der Waals surface area (Å²) in [6.07, 6.45) is 1.69. The normalized spacial score (nSPS) is 10.3. The SMILES string of the molecule is COC(=O)c1ccccc1Nc1ccc(CCc2cc(OC)c(OC)c(OC)c2)cc1. The van der Waals surface area contributed by atoms with Crippen LogP contribution in [0.2, 0.25) is 0 Å². The maximum Gasteiger partial charge on any atom is 0.339 e. The van der Waals surface area contributed by atoms with E-state index in [4.69, 9.17) is 18.9 Å². The number of para-hydroxylation sites is 1. The molecular formula is C25H27NO5. The quantitative estimate of drug-likeness (QED) is 0.489. The summed E-state index contributed by atoms with van der Waals surface area (Å²) >= 11 is 0. The second-order valence-corrected chi connectivity index (χ2v) is 6.89. The molecule has 0 bridgehead atoms. The number of rotatable bonds is 9. The number of carbonyl (C=O) groups excluding carboxylic acids is 1. The maximum absolute atomic E-state index is 11.9. The van der Waals surface area contributed by atoms with Gasteiger partial charge in [-0.05, 0) is 60.4 Å². The van der Waals surface area contributed by atoms with Crippen molar-refractivity contribution in [1.29, 1.82) is 0 Å². The summed E-state index contributed by atoms with van der Waals surface area (Å²) in [4.78, 5) is 11.9. The Morgan fingerprint density at radius 1 is 0.774 bits per heavy atom. The average Bonchev–Trinajstić information content (AvgIpc) is 2.82. The van der Waals surface area contributed by atoms with Crippen LogP contribution in [-0.2, 0) is 17.6 Å². The number of hydrogen-bond donors (Lipinski definition) is 1. The Hall–Kier alpha value is -3.67. The second-order valence-electron chi connectivity index (χ2n) is 6.89. The third-order valence-corrected chi connectivity index (χ3v) is 4.99. The van der Waals surface area contributed by atoms with Crippen molar-refractivity contribution >= 4 is 17.3 Å². The molecule has 0 aliphatic rings. The van der Waals surface area contributed by atoms with Gasteiger partial charge in [0.15, 0.2) is 11.5 Å². The molecule has 162 valence electrons. The molecule has 0 aliphatic heterocycles. The number of benzene rings is 3. The minimum Gasteiger partial charge on any atom is -0.493 e. The van der Waals surface area contributed by atoms with E-state index < -0.39 is 0 Å². The second kappa shape index (κ2) is 10.4. The molecule has 3 rings (SSSR count). The van der Waals surface area contributed by atoms with E-state index in [1.165, 1.54) is 12.7 Å². The summed E-state index contributed by atoms with van der Waals surface area (Å²) in [5, 5.41) is 3.28. The largest absolute Gasteiger partial charge is 0.493 e. The van der Waals surface area contributed by atoms with E-state index in [2.05, 4.69) is 17.4 Å². The molecule has 0 amide bonds. The van der Waals surface area contributed by atoms with Crippen molar-refractivity contribution in [2.24, 2.45) is 0 Å². The average molecular weight is 421 g/mol. The predicted molar refractivity (Wildman–Crippen MR) is 121 cm³/mol. The van der Waals surface area contributed by atoms with Gasteiger partial charge in [-0.1, -0.05) is 24.3 Å². The monoisotopic (exact) mass is 421 g/mol. The van der Waals surface area contributed by atoms with Gasteiger partial charge in [0, 0.05) is 5.69 Å². The lowest BCUT2D eigenvalue weighted by molar-refractivity contribution is 0.0602. The fourth-order valence-corrected chi connectivity index (χ4v) is 3.36. The number of methoxy groups -OCH3 is 4. The standard InChI is InChI=1S/C25H27NO5/c1-28-22-15-18(16-23(29-2)24(22)30-3)10-9-17-11-13-19(14-12-17)26-21-8-6-5-7-20(21)25(27)31-4/h5-8,11-16,26H,9-10H2,1-4H3. The Kier molecular flexibility index (Phi) is 7.38. The molecule has 0 fully saturated rings. The first-order valence-electron chi connectivity index (χ1n) is 9.91. The number of carbonyl (C=O) groups is 1. The first-order valence-corrected chi connectivity index (χ1v) is 9.91. The van der Waals surface area contributed by atoms with Crippen molar-refractivity contribution in [3.8, 4) is 17.2 Å². The highest BCUT2D eigenvalue weighted by molar-refractivity contribution is 5.96. The van der Waals surface area contributed by atoms with Crippen LogP contribution < -0.4 is 19.5 Å². The van der Waals surface area contributed by atoms with Gasteiger partial charge in [-0.2, -0.15) is 0 Å². The van der Waals surface area contributed by atoms with Gasteiger partial charge in [-0.3, -0.25) is 0 Å². The fourth-order valence-electron chi connectivity index (χ4n) is 3.36. The predicted octanol–water partition coefficient (Wildman–Crippen LogP) is 5.03. The topological polar surface area (TPSA) is 66.0 Å². The Morgan fingerprint density at radius 2 is 1.39 bits per heavy atom. The molecule has 0 atom stereocenters. The smallest absolute Gasteiger partial charge is 0.339 e. The van der Waals surface area contributed by atoms with Gasteiger partial charge < -0.3 is 24.3 Å². The van der Waals surface area contributed by atoms with E-state index >= 15 is 0 Å². The lowest BCUT2D eigenvalue weighted by Gasteiger charge is -2.14. The van der Waals surface area contributed by atoms with Gasteiger partial charge in [-0.15, -0.1) is 0 Å². The number of anilines is 2. The van der Waals surface area contributed by atoms with Crippen LogP contribution in [0, 0.1) is 0 Å². The van der Waals surface area contributed by atoms with Crippen molar-refractivity contribution < 1.29 is 23.7 Å². The Labute approximate surface area is 182 Å². The van der Waals surface area contributed by atoms with Crippen LogP contribution in [0.15, 0.2) is 60.7 Å². The summed E-state index contributed by atoms with van der Waals surface area (Å²) < 4.78 is 21.1. The molecule has 0 aliphatic carbocycles. The van der Waals surface area contributed by atoms with E-state index in [9.17, 15) is 4.79 Å². The van der Waals surface area contributed by atoms with E-state index in [0.29, 0.717) is 28.5 Å². The maximum atomic E-state index is 11.9. The highest BCUT2D eigenvalue weighted by atomic mass is 16.5. The van der Waals surface area contributed by atoms with E-state index in [0.717, 1.165) is 24.1 Å². The zero-order valence-electron chi connectivity index (χ0n) is 18.2. The molecule has 0 spiro atoms. The van der Waals surface area contributed by atoms with E-state index in [-0.39, 0.29) is 5.97 Å². The first kappa shape index (κ1) is 22.0.